The van der Waals surface area contributed by atoms with Gasteiger partial charge in [0.15, 0.2) is 17.4 Å². The van der Waals surface area contributed by atoms with Crippen LogP contribution >= 0.6 is 0 Å². The Bertz CT molecular complexity index is 757. The number of aromatic nitrogens is 4. The second-order valence-electron chi connectivity index (χ2n) is 5.77. The molecule has 1 aliphatic rings. The zero-order valence-electron chi connectivity index (χ0n) is 12.7. The number of aromatic amines is 1. The third-order valence-electron chi connectivity index (χ3n) is 3.65. The Balaban J connectivity index is 2.05. The van der Waals surface area contributed by atoms with E-state index in [4.69, 9.17) is 9.84 Å². The van der Waals surface area contributed by atoms with E-state index in [2.05, 4.69) is 20.3 Å². The van der Waals surface area contributed by atoms with E-state index in [0.717, 1.165) is 0 Å². The van der Waals surface area contributed by atoms with Crippen LogP contribution in [0.1, 0.15) is 20.1 Å². The first-order valence-electron chi connectivity index (χ1n) is 7.28. The van der Waals surface area contributed by atoms with Crippen LogP contribution in [0.4, 0.5) is 5.95 Å². The van der Waals surface area contributed by atoms with Gasteiger partial charge in [0.1, 0.15) is 18.3 Å². The molecule has 0 aliphatic carbocycles. The highest BCUT2D eigenvalue weighted by Gasteiger charge is 2.44. The summed E-state index contributed by atoms with van der Waals surface area (Å²) in [5, 5.41) is 32.1. The lowest BCUT2D eigenvalue weighted by Gasteiger charge is -2.17. The van der Waals surface area contributed by atoms with E-state index >= 15 is 0 Å². The first-order valence-corrected chi connectivity index (χ1v) is 7.28. The molecule has 2 aromatic rings. The number of aliphatic hydroxyl groups is 3. The van der Waals surface area contributed by atoms with Crippen molar-refractivity contribution in [3.05, 3.63) is 16.7 Å². The van der Waals surface area contributed by atoms with Crippen molar-refractivity contribution in [2.24, 2.45) is 0 Å². The lowest BCUT2D eigenvalue weighted by molar-refractivity contribution is -0.0511. The molecular weight excluding hydrogens is 306 g/mol. The van der Waals surface area contributed by atoms with Crippen LogP contribution in [0.3, 0.4) is 0 Å². The zero-order valence-corrected chi connectivity index (χ0v) is 12.7. The van der Waals surface area contributed by atoms with Crippen LogP contribution in [0.2, 0.25) is 0 Å². The number of nitrogens with zero attached hydrogens (tertiary/aromatic N) is 3. The molecule has 4 atom stereocenters. The number of hydrogen-bond donors (Lipinski definition) is 5. The molecule has 126 valence electrons. The fourth-order valence-corrected chi connectivity index (χ4v) is 2.56. The standard InChI is InChI=1S/C13H19N5O5/c1-5(2)15-13-16-10-7(11(22)17-13)14-4-18(10)12-9(21)8(20)6(3-19)23-12/h4-6,8-9,12,19-21H,3H2,1-2H3,(H2,15,16,17,22)/t6-,8-,9-,12-/m1/s1. The van der Waals surface area contributed by atoms with Crippen LogP contribution in [-0.4, -0.2) is 65.8 Å². The molecule has 10 heteroatoms. The van der Waals surface area contributed by atoms with Gasteiger partial charge < -0.3 is 25.4 Å². The molecule has 0 amide bonds. The Kier molecular flexibility index (Phi) is 4.06. The maximum atomic E-state index is 12.1. The fraction of sp³-hybridized carbons (Fsp3) is 0.615. The van der Waals surface area contributed by atoms with E-state index in [1.165, 1.54) is 10.9 Å². The molecule has 3 rings (SSSR count). The first kappa shape index (κ1) is 15.9. The van der Waals surface area contributed by atoms with Crippen LogP contribution in [0.25, 0.3) is 11.2 Å². The fourth-order valence-electron chi connectivity index (χ4n) is 2.56. The number of nitrogens with one attached hydrogen (secondary N) is 2. The number of anilines is 1. The molecule has 1 saturated heterocycles. The topological polar surface area (TPSA) is 146 Å². The minimum atomic E-state index is -1.27. The SMILES string of the molecule is CC(C)Nc1nc2c(ncn2[C@@H]2O[C@H](CO)[C@@H](O)[C@H]2O)c(=O)[nH]1. The molecule has 1 fully saturated rings. The lowest BCUT2D eigenvalue weighted by atomic mass is 10.1. The van der Waals surface area contributed by atoms with Crippen molar-refractivity contribution < 1.29 is 20.1 Å². The Hall–Kier alpha value is -2.01. The molecule has 5 N–H and O–H groups in total. The summed E-state index contributed by atoms with van der Waals surface area (Å²) < 4.78 is 6.82. The number of fused-ring (bicyclic) bond motifs is 1. The molecular formula is C13H19N5O5. The third-order valence-corrected chi connectivity index (χ3v) is 3.65. The predicted molar refractivity (Wildman–Crippen MR) is 79.9 cm³/mol. The smallest absolute Gasteiger partial charge is 0.280 e. The number of hydrogen-bond acceptors (Lipinski definition) is 8. The number of ether oxygens (including phenoxy) is 1. The molecule has 0 spiro atoms. The number of H-pyrrole nitrogens is 1. The summed E-state index contributed by atoms with van der Waals surface area (Å²) in [7, 11) is 0. The van der Waals surface area contributed by atoms with Crippen molar-refractivity contribution in [3.8, 4) is 0 Å². The molecule has 0 saturated carbocycles. The molecule has 0 aromatic carbocycles. The highest BCUT2D eigenvalue weighted by atomic mass is 16.6. The van der Waals surface area contributed by atoms with Gasteiger partial charge in [0.25, 0.3) is 5.56 Å². The third kappa shape index (κ3) is 2.70. The summed E-state index contributed by atoms with van der Waals surface area (Å²) in [4.78, 5) is 22.9. The number of rotatable bonds is 4. The monoisotopic (exact) mass is 325 g/mol. The average molecular weight is 325 g/mol. The van der Waals surface area contributed by atoms with E-state index in [1.54, 1.807) is 0 Å². The van der Waals surface area contributed by atoms with Gasteiger partial charge in [-0.2, -0.15) is 4.98 Å². The molecule has 1 aliphatic heterocycles. The molecule has 0 unspecified atom stereocenters. The van der Waals surface area contributed by atoms with Crippen molar-refractivity contribution in [1.82, 2.24) is 19.5 Å². The van der Waals surface area contributed by atoms with E-state index in [9.17, 15) is 15.0 Å². The first-order chi connectivity index (χ1) is 10.9. The average Bonchev–Trinajstić information content (AvgIpc) is 3.01. The molecule has 10 nitrogen and oxygen atoms in total. The summed E-state index contributed by atoms with van der Waals surface area (Å²) >= 11 is 0. The van der Waals surface area contributed by atoms with Gasteiger partial charge in [-0.1, -0.05) is 0 Å². The highest BCUT2D eigenvalue weighted by Crippen LogP contribution is 2.30. The van der Waals surface area contributed by atoms with Gasteiger partial charge in [-0.05, 0) is 13.8 Å². The summed E-state index contributed by atoms with van der Waals surface area (Å²) in [6.45, 7) is 3.36. The zero-order chi connectivity index (χ0) is 16.7. The Labute approximate surface area is 130 Å². The Morgan fingerprint density at radius 2 is 2.17 bits per heavy atom. The second-order valence-corrected chi connectivity index (χ2v) is 5.77. The summed E-state index contributed by atoms with van der Waals surface area (Å²) in [5.41, 5.74) is -0.118. The summed E-state index contributed by atoms with van der Waals surface area (Å²) in [6.07, 6.45) is -3.10. The largest absolute Gasteiger partial charge is 0.394 e. The minimum absolute atomic E-state index is 0.0564. The van der Waals surface area contributed by atoms with E-state index in [-0.39, 0.29) is 23.2 Å². The summed E-state index contributed by atoms with van der Waals surface area (Å²) in [5.74, 6) is 0.269. The van der Waals surface area contributed by atoms with Crippen molar-refractivity contribution in [2.75, 3.05) is 11.9 Å². The van der Waals surface area contributed by atoms with Crippen LogP contribution in [0, 0.1) is 0 Å². The molecule has 0 radical (unpaired) electrons. The summed E-state index contributed by atoms with van der Waals surface area (Å²) in [6, 6.07) is 0.0564. The number of imidazole rings is 1. The van der Waals surface area contributed by atoms with Crippen molar-refractivity contribution in [3.63, 3.8) is 0 Å². The van der Waals surface area contributed by atoms with Gasteiger partial charge in [0.2, 0.25) is 5.95 Å². The molecule has 0 bridgehead atoms. The Morgan fingerprint density at radius 1 is 1.43 bits per heavy atom. The van der Waals surface area contributed by atoms with Gasteiger partial charge >= 0.3 is 0 Å². The van der Waals surface area contributed by atoms with Gasteiger partial charge in [-0.25, -0.2) is 4.98 Å². The van der Waals surface area contributed by atoms with Gasteiger partial charge in [0.05, 0.1) is 12.9 Å². The molecule has 2 aromatic heterocycles. The van der Waals surface area contributed by atoms with Crippen LogP contribution in [0.5, 0.6) is 0 Å². The highest BCUT2D eigenvalue weighted by molar-refractivity contribution is 5.71. The quantitative estimate of drug-likeness (QED) is 0.459. The second kappa shape index (κ2) is 5.89. The maximum absolute atomic E-state index is 12.1. The molecule has 23 heavy (non-hydrogen) atoms. The predicted octanol–water partition coefficient (Wildman–Crippen LogP) is -1.45. The van der Waals surface area contributed by atoms with E-state index in [0.29, 0.717) is 0 Å². The van der Waals surface area contributed by atoms with E-state index < -0.39 is 36.7 Å². The van der Waals surface area contributed by atoms with Crippen molar-refractivity contribution >= 4 is 17.1 Å². The minimum Gasteiger partial charge on any atom is -0.394 e. The van der Waals surface area contributed by atoms with Crippen LogP contribution in [-0.2, 0) is 4.74 Å². The molecule has 3 heterocycles. The maximum Gasteiger partial charge on any atom is 0.280 e. The van der Waals surface area contributed by atoms with Gasteiger partial charge in [0, 0.05) is 6.04 Å². The lowest BCUT2D eigenvalue weighted by Crippen LogP contribution is -2.33. The van der Waals surface area contributed by atoms with Crippen LogP contribution < -0.4 is 10.9 Å². The van der Waals surface area contributed by atoms with Gasteiger partial charge in [-0.3, -0.25) is 14.3 Å². The van der Waals surface area contributed by atoms with Crippen LogP contribution in [0.15, 0.2) is 11.1 Å². The Morgan fingerprint density at radius 3 is 2.78 bits per heavy atom. The normalized spacial score (nSPS) is 27.9. The number of aliphatic hydroxyl groups excluding tert-OH is 3. The van der Waals surface area contributed by atoms with Crippen molar-refractivity contribution in [1.29, 1.82) is 0 Å². The van der Waals surface area contributed by atoms with Crippen molar-refractivity contribution in [2.45, 2.75) is 44.4 Å². The van der Waals surface area contributed by atoms with Gasteiger partial charge in [-0.15, -0.1) is 0 Å². The van der Waals surface area contributed by atoms with E-state index in [1.807, 2.05) is 13.8 Å².